The van der Waals surface area contributed by atoms with Crippen molar-refractivity contribution in [2.45, 2.75) is 6.61 Å². The highest BCUT2D eigenvalue weighted by atomic mass is 127. The van der Waals surface area contributed by atoms with E-state index < -0.39 is 11.8 Å². The molecule has 0 aromatic heterocycles. The largest absolute Gasteiger partial charge is 0.487 e. The predicted molar refractivity (Wildman–Crippen MR) is 155 cm³/mol. The number of halogens is 5. The minimum absolute atomic E-state index is 0.0623. The highest BCUT2D eigenvalue weighted by Crippen LogP contribution is 2.35. The second kappa shape index (κ2) is 11.1. The van der Waals surface area contributed by atoms with Crippen LogP contribution >= 0.6 is 80.6 Å². The second-order valence-electron chi connectivity index (χ2n) is 7.22. The molecule has 0 radical (unpaired) electrons. The average Bonchev–Trinajstić information content (AvgIpc) is 2.80. The molecule has 3 aromatic carbocycles. The number of thiocarbonyl (C=S) groups is 1. The van der Waals surface area contributed by atoms with Crippen molar-refractivity contribution >= 4 is 109 Å². The van der Waals surface area contributed by atoms with E-state index in [1.54, 1.807) is 48.5 Å². The molecule has 0 aliphatic carbocycles. The smallest absolute Gasteiger partial charge is 0.270 e. The van der Waals surface area contributed by atoms with Crippen LogP contribution in [0.25, 0.3) is 6.08 Å². The van der Waals surface area contributed by atoms with Crippen LogP contribution in [-0.2, 0) is 16.2 Å². The minimum atomic E-state index is -0.632. The average molecular weight is 753 g/mol. The van der Waals surface area contributed by atoms with Crippen LogP contribution in [-0.4, -0.2) is 16.9 Å². The molecule has 0 unspecified atom stereocenters. The molecule has 0 atom stereocenters. The topological polar surface area (TPSA) is 58.6 Å². The van der Waals surface area contributed by atoms with E-state index in [0.717, 1.165) is 12.0 Å². The standard InChI is InChI=1S/C24H13Cl2FI2N2O3S/c25-15-5-3-7-19(20(15)26)31-23(33)14(22(32)30-24(31)35)8-12-9-17(28)21(18(29)10-12)34-11-13-4-1-2-6-16(13)27/h1-10H,11H2,(H,30,32,35)/b14-8+. The first kappa shape index (κ1) is 26.3. The zero-order valence-electron chi connectivity index (χ0n) is 17.5. The first-order valence-electron chi connectivity index (χ1n) is 9.88. The molecule has 1 fully saturated rings. The summed E-state index contributed by atoms with van der Waals surface area (Å²) in [5.41, 5.74) is 1.17. The fraction of sp³-hybridized carbons (Fsp3) is 0.0417. The van der Waals surface area contributed by atoms with Crippen LogP contribution < -0.4 is 15.0 Å². The molecule has 0 saturated carbocycles. The summed E-state index contributed by atoms with van der Waals surface area (Å²) in [7, 11) is 0. The minimum Gasteiger partial charge on any atom is -0.487 e. The molecule has 2 amide bonds. The van der Waals surface area contributed by atoms with E-state index in [2.05, 4.69) is 50.5 Å². The lowest BCUT2D eigenvalue weighted by Gasteiger charge is -2.29. The SMILES string of the molecule is O=C1NC(=S)N(c2cccc(Cl)c2Cl)C(=O)/C1=C/c1cc(I)c(OCc2ccccc2F)c(I)c1. The lowest BCUT2D eigenvalue weighted by atomic mass is 10.1. The number of carbonyl (C=O) groups excluding carboxylic acids is 2. The molecule has 1 aliphatic heterocycles. The monoisotopic (exact) mass is 752 g/mol. The van der Waals surface area contributed by atoms with Gasteiger partial charge in [0.2, 0.25) is 0 Å². The van der Waals surface area contributed by atoms with E-state index in [-0.39, 0.29) is 38.8 Å². The van der Waals surface area contributed by atoms with Crippen LogP contribution in [0.5, 0.6) is 5.75 Å². The summed E-state index contributed by atoms with van der Waals surface area (Å²) in [4.78, 5) is 27.1. The number of nitrogens with one attached hydrogen (secondary N) is 1. The molecule has 35 heavy (non-hydrogen) atoms. The lowest BCUT2D eigenvalue weighted by molar-refractivity contribution is -0.122. The maximum absolute atomic E-state index is 13.9. The summed E-state index contributed by atoms with van der Waals surface area (Å²) < 4.78 is 21.2. The van der Waals surface area contributed by atoms with Gasteiger partial charge >= 0.3 is 0 Å². The van der Waals surface area contributed by atoms with Crippen LogP contribution in [0.3, 0.4) is 0 Å². The molecule has 0 spiro atoms. The van der Waals surface area contributed by atoms with Crippen molar-refractivity contribution in [2.24, 2.45) is 0 Å². The third-order valence-corrected chi connectivity index (χ3v) is 7.63. The van der Waals surface area contributed by atoms with Gasteiger partial charge in [0.15, 0.2) is 5.11 Å². The molecule has 4 rings (SSSR count). The molecular weight excluding hydrogens is 740 g/mol. The first-order valence-corrected chi connectivity index (χ1v) is 13.2. The Hall–Kier alpha value is -1.80. The quantitative estimate of drug-likeness (QED) is 0.136. The van der Waals surface area contributed by atoms with Gasteiger partial charge in [0.1, 0.15) is 23.7 Å². The van der Waals surface area contributed by atoms with Crippen LogP contribution in [0.2, 0.25) is 10.0 Å². The Morgan fingerprint density at radius 3 is 2.43 bits per heavy atom. The summed E-state index contributed by atoms with van der Waals surface area (Å²) in [5.74, 6) is -1.03. The maximum atomic E-state index is 13.9. The Kier molecular flexibility index (Phi) is 8.31. The second-order valence-corrected chi connectivity index (χ2v) is 10.7. The summed E-state index contributed by atoms with van der Waals surface area (Å²) in [5, 5.41) is 2.82. The van der Waals surface area contributed by atoms with Crippen molar-refractivity contribution in [1.29, 1.82) is 0 Å². The number of benzene rings is 3. The fourth-order valence-corrected chi connectivity index (χ4v) is 6.06. The molecule has 3 aromatic rings. The zero-order chi connectivity index (χ0) is 25.3. The van der Waals surface area contributed by atoms with Gasteiger partial charge in [0.25, 0.3) is 11.8 Å². The van der Waals surface area contributed by atoms with E-state index in [1.807, 2.05) is 0 Å². The first-order chi connectivity index (χ1) is 16.7. The van der Waals surface area contributed by atoms with E-state index in [1.165, 1.54) is 12.1 Å². The molecule has 1 saturated heterocycles. The van der Waals surface area contributed by atoms with Crippen LogP contribution in [0.4, 0.5) is 10.1 Å². The third-order valence-electron chi connectivity index (χ3n) is 4.94. The van der Waals surface area contributed by atoms with E-state index in [9.17, 15) is 14.0 Å². The summed E-state index contributed by atoms with van der Waals surface area (Å²) in [6.45, 7) is 0.0623. The fourth-order valence-electron chi connectivity index (χ4n) is 3.27. The number of amides is 2. The number of rotatable bonds is 5. The van der Waals surface area contributed by atoms with Crippen LogP contribution in [0, 0.1) is 13.0 Å². The Morgan fingerprint density at radius 1 is 1.06 bits per heavy atom. The van der Waals surface area contributed by atoms with Gasteiger partial charge in [-0.1, -0.05) is 47.5 Å². The molecule has 1 N–H and O–H groups in total. The number of carbonyl (C=O) groups is 2. The number of hydrogen-bond acceptors (Lipinski definition) is 4. The Bertz CT molecular complexity index is 1390. The Labute approximate surface area is 242 Å². The van der Waals surface area contributed by atoms with Gasteiger partial charge in [0.05, 0.1) is 22.9 Å². The highest BCUT2D eigenvalue weighted by Gasteiger charge is 2.35. The van der Waals surface area contributed by atoms with E-state index in [0.29, 0.717) is 16.9 Å². The molecular formula is C24H13Cl2FI2N2O3S. The molecule has 11 heteroatoms. The van der Waals surface area contributed by atoms with Crippen LogP contribution in [0.15, 0.2) is 60.2 Å². The predicted octanol–water partition coefficient (Wildman–Crippen LogP) is 6.75. The number of anilines is 1. The van der Waals surface area contributed by atoms with Gasteiger partial charge in [-0.25, -0.2) is 4.39 Å². The molecule has 5 nitrogen and oxygen atoms in total. The molecule has 1 heterocycles. The number of nitrogens with zero attached hydrogens (tertiary/aromatic N) is 1. The van der Waals surface area contributed by atoms with Crippen molar-refractivity contribution in [3.8, 4) is 5.75 Å². The highest BCUT2D eigenvalue weighted by molar-refractivity contribution is 14.1. The Balaban J connectivity index is 1.64. The normalized spacial score (nSPS) is 14.9. The summed E-state index contributed by atoms with van der Waals surface area (Å²) in [6.07, 6.45) is 1.47. The van der Waals surface area contributed by atoms with E-state index >= 15 is 0 Å². The number of hydrogen-bond donors (Lipinski definition) is 1. The van der Waals surface area contributed by atoms with Crippen molar-refractivity contribution in [1.82, 2.24) is 5.32 Å². The maximum Gasteiger partial charge on any atom is 0.270 e. The van der Waals surface area contributed by atoms with Crippen LogP contribution in [0.1, 0.15) is 11.1 Å². The van der Waals surface area contributed by atoms with Gasteiger partial charge < -0.3 is 4.74 Å². The number of ether oxygens (including phenoxy) is 1. The van der Waals surface area contributed by atoms with Gasteiger partial charge in [-0.2, -0.15) is 0 Å². The molecule has 178 valence electrons. The van der Waals surface area contributed by atoms with Crippen molar-refractivity contribution in [3.05, 3.63) is 94.3 Å². The zero-order valence-corrected chi connectivity index (χ0v) is 24.1. The molecule has 0 bridgehead atoms. The van der Waals surface area contributed by atoms with E-state index in [4.69, 9.17) is 40.2 Å². The van der Waals surface area contributed by atoms with Gasteiger partial charge in [-0.15, -0.1) is 0 Å². The summed E-state index contributed by atoms with van der Waals surface area (Å²) >= 11 is 21.8. The third kappa shape index (κ3) is 5.63. The lowest BCUT2D eigenvalue weighted by Crippen LogP contribution is -2.54. The summed E-state index contributed by atoms with van der Waals surface area (Å²) in [6, 6.07) is 14.7. The molecule has 1 aliphatic rings. The van der Waals surface area contributed by atoms with Gasteiger partial charge in [-0.05, 0) is 99.4 Å². The van der Waals surface area contributed by atoms with Crippen molar-refractivity contribution in [2.75, 3.05) is 4.90 Å². The van der Waals surface area contributed by atoms with Gasteiger partial charge in [-0.3, -0.25) is 19.8 Å². The van der Waals surface area contributed by atoms with Gasteiger partial charge in [0, 0.05) is 5.56 Å². The van der Waals surface area contributed by atoms with Crippen molar-refractivity contribution < 1.29 is 18.7 Å². The Morgan fingerprint density at radius 2 is 1.74 bits per heavy atom. The van der Waals surface area contributed by atoms with Crippen molar-refractivity contribution in [3.63, 3.8) is 0 Å².